The van der Waals surface area contributed by atoms with Gasteiger partial charge in [0.25, 0.3) is 5.91 Å². The number of ether oxygens (including phenoxy) is 1. The second-order valence-corrected chi connectivity index (χ2v) is 5.61. The maximum absolute atomic E-state index is 11.5. The number of nitrogens with one attached hydrogen (secondary N) is 3. The number of aliphatic imine (C=N–C) groups is 1. The van der Waals surface area contributed by atoms with Gasteiger partial charge in [0.1, 0.15) is 12.4 Å². The van der Waals surface area contributed by atoms with Gasteiger partial charge in [0.2, 0.25) is 0 Å². The third kappa shape index (κ3) is 8.44. The lowest BCUT2D eigenvalue weighted by Crippen LogP contribution is -2.37. The van der Waals surface area contributed by atoms with Gasteiger partial charge in [0.15, 0.2) is 5.96 Å². The van der Waals surface area contributed by atoms with Crippen molar-refractivity contribution in [1.82, 2.24) is 16.0 Å². The summed E-state index contributed by atoms with van der Waals surface area (Å²) in [7, 11) is 3.35. The van der Waals surface area contributed by atoms with E-state index >= 15 is 0 Å². The summed E-state index contributed by atoms with van der Waals surface area (Å²) in [5.41, 5.74) is 1.72. The van der Waals surface area contributed by atoms with Gasteiger partial charge in [-0.3, -0.25) is 9.79 Å². The minimum Gasteiger partial charge on any atom is -0.467 e. The van der Waals surface area contributed by atoms with Gasteiger partial charge in [0.05, 0.1) is 6.26 Å². The molecule has 0 fully saturated rings. The van der Waals surface area contributed by atoms with Gasteiger partial charge in [-0.1, -0.05) is 12.1 Å². The summed E-state index contributed by atoms with van der Waals surface area (Å²) in [4.78, 5) is 15.7. The van der Waals surface area contributed by atoms with Crippen molar-refractivity contribution in [1.29, 1.82) is 0 Å². The first-order valence-corrected chi connectivity index (χ1v) is 8.58. The number of hydrogen-bond acceptors (Lipinski definition) is 4. The molecular weight excluding hydrogens is 459 g/mol. The Labute approximate surface area is 177 Å². The first-order valence-electron chi connectivity index (χ1n) is 8.58. The quantitative estimate of drug-likeness (QED) is 0.220. The van der Waals surface area contributed by atoms with Gasteiger partial charge in [-0.25, -0.2) is 0 Å². The number of hydrogen-bond donors (Lipinski definition) is 3. The van der Waals surface area contributed by atoms with E-state index in [0.717, 1.165) is 30.2 Å². The maximum Gasteiger partial charge on any atom is 0.251 e. The lowest BCUT2D eigenvalue weighted by molar-refractivity contribution is 0.0963. The first-order chi connectivity index (χ1) is 12.7. The fraction of sp³-hybridized carbons (Fsp3) is 0.368. The Morgan fingerprint density at radius 1 is 1.19 bits per heavy atom. The highest BCUT2D eigenvalue weighted by molar-refractivity contribution is 14.0. The highest BCUT2D eigenvalue weighted by Gasteiger charge is 2.03. The predicted molar refractivity (Wildman–Crippen MR) is 116 cm³/mol. The molecule has 27 heavy (non-hydrogen) atoms. The summed E-state index contributed by atoms with van der Waals surface area (Å²) in [6.45, 7) is 2.52. The number of guanidine groups is 1. The molecule has 0 spiro atoms. The Kier molecular flexibility index (Phi) is 11.2. The van der Waals surface area contributed by atoms with Gasteiger partial charge in [-0.2, -0.15) is 0 Å². The summed E-state index contributed by atoms with van der Waals surface area (Å²) >= 11 is 0. The van der Waals surface area contributed by atoms with Crippen LogP contribution in [0.3, 0.4) is 0 Å². The molecule has 0 aliphatic rings. The van der Waals surface area contributed by atoms with Crippen molar-refractivity contribution in [3.63, 3.8) is 0 Å². The lowest BCUT2D eigenvalue weighted by atomic mass is 10.1. The SMILES string of the molecule is CN=C(NCCCOCc1ccco1)NCc1ccc(C(=O)NC)cc1.I. The number of benzene rings is 1. The molecule has 0 aliphatic heterocycles. The standard InChI is InChI=1S/C19H26N4O3.HI/c1-20-18(24)16-8-6-15(7-9-16)13-23-19(21-2)22-10-4-11-25-14-17-5-3-12-26-17;/h3,5-9,12H,4,10-11,13-14H2,1-2H3,(H,20,24)(H2,21,22,23);1H. The molecule has 1 aromatic heterocycles. The highest BCUT2D eigenvalue weighted by Crippen LogP contribution is 2.04. The molecule has 8 heteroatoms. The monoisotopic (exact) mass is 486 g/mol. The third-order valence-corrected chi connectivity index (χ3v) is 3.71. The van der Waals surface area contributed by atoms with Gasteiger partial charge in [-0.15, -0.1) is 24.0 Å². The zero-order valence-electron chi connectivity index (χ0n) is 15.7. The van der Waals surface area contributed by atoms with Crippen LogP contribution in [0.4, 0.5) is 0 Å². The predicted octanol–water partition coefficient (Wildman–Crippen LogP) is 2.53. The zero-order chi connectivity index (χ0) is 18.6. The minimum atomic E-state index is -0.0868. The van der Waals surface area contributed by atoms with Crippen LogP contribution in [-0.2, 0) is 17.9 Å². The van der Waals surface area contributed by atoms with E-state index in [-0.39, 0.29) is 29.9 Å². The molecule has 3 N–H and O–H groups in total. The average Bonchev–Trinajstić information content (AvgIpc) is 3.20. The Morgan fingerprint density at radius 2 is 1.96 bits per heavy atom. The molecule has 0 radical (unpaired) electrons. The third-order valence-electron chi connectivity index (χ3n) is 3.71. The number of furan rings is 1. The summed E-state index contributed by atoms with van der Waals surface area (Å²) in [5, 5.41) is 9.09. The van der Waals surface area contributed by atoms with E-state index in [9.17, 15) is 4.79 Å². The number of amides is 1. The van der Waals surface area contributed by atoms with Gasteiger partial charge < -0.3 is 25.1 Å². The number of carbonyl (C=O) groups excluding carboxylic acids is 1. The number of halogens is 1. The van der Waals surface area contributed by atoms with E-state index in [4.69, 9.17) is 9.15 Å². The molecule has 148 valence electrons. The molecule has 2 rings (SSSR count). The van der Waals surface area contributed by atoms with Crippen molar-refractivity contribution >= 4 is 35.8 Å². The summed E-state index contributed by atoms with van der Waals surface area (Å²) in [6.07, 6.45) is 2.50. The van der Waals surface area contributed by atoms with Crippen LogP contribution in [-0.4, -0.2) is 39.1 Å². The Hall–Kier alpha value is -2.07. The summed E-state index contributed by atoms with van der Waals surface area (Å²) in [6, 6.07) is 11.2. The molecular formula is C19H27IN4O3. The maximum atomic E-state index is 11.5. The van der Waals surface area contributed by atoms with E-state index in [0.29, 0.717) is 25.3 Å². The van der Waals surface area contributed by atoms with Crippen molar-refractivity contribution in [2.75, 3.05) is 27.2 Å². The smallest absolute Gasteiger partial charge is 0.251 e. The molecule has 7 nitrogen and oxygen atoms in total. The second-order valence-electron chi connectivity index (χ2n) is 5.61. The molecule has 0 aliphatic carbocycles. The Bertz CT molecular complexity index is 687. The lowest BCUT2D eigenvalue weighted by Gasteiger charge is -2.12. The molecule has 1 heterocycles. The number of rotatable bonds is 9. The van der Waals surface area contributed by atoms with E-state index < -0.39 is 0 Å². The minimum absolute atomic E-state index is 0. The van der Waals surface area contributed by atoms with Crippen LogP contribution in [0.15, 0.2) is 52.1 Å². The normalized spacial score (nSPS) is 10.8. The number of carbonyl (C=O) groups is 1. The largest absolute Gasteiger partial charge is 0.467 e. The van der Waals surface area contributed by atoms with Crippen molar-refractivity contribution in [3.8, 4) is 0 Å². The van der Waals surface area contributed by atoms with Crippen molar-refractivity contribution in [2.45, 2.75) is 19.6 Å². The van der Waals surface area contributed by atoms with Crippen LogP contribution in [0, 0.1) is 0 Å². The molecule has 0 atom stereocenters. The van der Waals surface area contributed by atoms with Gasteiger partial charge in [-0.05, 0) is 36.2 Å². The molecule has 0 saturated carbocycles. The summed E-state index contributed by atoms with van der Waals surface area (Å²) in [5.74, 6) is 1.47. The van der Waals surface area contributed by atoms with E-state index in [1.807, 2.05) is 36.4 Å². The van der Waals surface area contributed by atoms with E-state index in [1.54, 1.807) is 20.4 Å². The Balaban J connectivity index is 0.00000364. The van der Waals surface area contributed by atoms with Crippen molar-refractivity contribution in [2.24, 2.45) is 4.99 Å². The molecule has 1 amide bonds. The Morgan fingerprint density at radius 3 is 2.59 bits per heavy atom. The molecule has 0 bridgehead atoms. The fourth-order valence-corrected chi connectivity index (χ4v) is 2.27. The van der Waals surface area contributed by atoms with E-state index in [2.05, 4.69) is 20.9 Å². The van der Waals surface area contributed by atoms with Crippen LogP contribution >= 0.6 is 24.0 Å². The molecule has 2 aromatic rings. The molecule has 1 aromatic carbocycles. The molecule has 0 unspecified atom stereocenters. The van der Waals surface area contributed by atoms with Crippen LogP contribution in [0.25, 0.3) is 0 Å². The zero-order valence-corrected chi connectivity index (χ0v) is 18.0. The highest BCUT2D eigenvalue weighted by atomic mass is 127. The topological polar surface area (TPSA) is 87.9 Å². The van der Waals surface area contributed by atoms with Crippen LogP contribution in [0.5, 0.6) is 0 Å². The van der Waals surface area contributed by atoms with Crippen molar-refractivity contribution < 1.29 is 13.9 Å². The number of nitrogens with zero attached hydrogens (tertiary/aromatic N) is 1. The molecule has 0 saturated heterocycles. The van der Waals surface area contributed by atoms with Crippen molar-refractivity contribution in [3.05, 3.63) is 59.5 Å². The van der Waals surface area contributed by atoms with Gasteiger partial charge in [0, 0.05) is 39.4 Å². The van der Waals surface area contributed by atoms with E-state index in [1.165, 1.54) is 0 Å². The van der Waals surface area contributed by atoms with Crippen LogP contribution < -0.4 is 16.0 Å². The van der Waals surface area contributed by atoms with Gasteiger partial charge >= 0.3 is 0 Å². The van der Waals surface area contributed by atoms with Crippen LogP contribution in [0.1, 0.15) is 28.1 Å². The van der Waals surface area contributed by atoms with Crippen LogP contribution in [0.2, 0.25) is 0 Å². The second kappa shape index (κ2) is 13.2. The average molecular weight is 486 g/mol. The first kappa shape index (κ1) is 23.0. The summed E-state index contributed by atoms with van der Waals surface area (Å²) < 4.78 is 10.7. The fourth-order valence-electron chi connectivity index (χ4n) is 2.27.